The van der Waals surface area contributed by atoms with Crippen molar-refractivity contribution in [1.29, 1.82) is 0 Å². The molecule has 2 aromatic carbocycles. The lowest BCUT2D eigenvalue weighted by atomic mass is 9.90. The zero-order valence-corrected chi connectivity index (χ0v) is 18.7. The normalized spacial score (nSPS) is 16.9. The summed E-state index contributed by atoms with van der Waals surface area (Å²) in [5.41, 5.74) is 6.87. The molecule has 0 bridgehead atoms. The van der Waals surface area contributed by atoms with Crippen molar-refractivity contribution in [2.24, 2.45) is 13.0 Å². The third-order valence-electron chi connectivity index (χ3n) is 6.85. The molecule has 0 aliphatic carbocycles. The zero-order chi connectivity index (χ0) is 21.7. The van der Waals surface area contributed by atoms with Crippen molar-refractivity contribution < 1.29 is 0 Å². The maximum Gasteiger partial charge on any atom is 0.276 e. The lowest BCUT2D eigenvalue weighted by Gasteiger charge is -2.38. The maximum atomic E-state index is 13.5. The number of hydrogen-bond acceptors (Lipinski definition) is 2. The van der Waals surface area contributed by atoms with E-state index in [2.05, 4.69) is 54.9 Å². The number of para-hydroxylation sites is 2. The second kappa shape index (κ2) is 7.57. The summed E-state index contributed by atoms with van der Waals surface area (Å²) in [6.45, 7) is 8.22. The molecule has 31 heavy (non-hydrogen) atoms. The summed E-state index contributed by atoms with van der Waals surface area (Å²) in [6.07, 6.45) is 1.00. The first-order chi connectivity index (χ1) is 15.0. The first-order valence-corrected chi connectivity index (χ1v) is 11.1. The molecule has 1 atom stereocenters. The Kier molecular flexibility index (Phi) is 4.86. The van der Waals surface area contributed by atoms with Crippen LogP contribution in [0.4, 0.5) is 0 Å². The molecule has 2 aromatic heterocycles. The van der Waals surface area contributed by atoms with Crippen molar-refractivity contribution in [3.63, 3.8) is 0 Å². The number of fused-ring (bicyclic) bond motifs is 3. The molecule has 1 aliphatic rings. The van der Waals surface area contributed by atoms with Gasteiger partial charge in [-0.2, -0.15) is 0 Å². The molecule has 0 radical (unpaired) electrons. The molecule has 0 spiro atoms. The summed E-state index contributed by atoms with van der Waals surface area (Å²) in [7, 11) is 1.97. The fourth-order valence-electron chi connectivity index (χ4n) is 5.26. The number of nitrogens with zero attached hydrogens (tertiary/aromatic N) is 3. The standard InChI is InChI=1S/C26H30N4O/c1-17(2)25-24-21(20-12-8-9-13-23(20)27-24)14-15-29(25)16-22-18(3)28(4)30(26(22)31)19-10-6-5-7-11-19/h5-13,17,25,27H,14-16H2,1-4H3/t25-/m0/s1. The second-order valence-corrected chi connectivity index (χ2v) is 9.01. The van der Waals surface area contributed by atoms with E-state index in [-0.39, 0.29) is 11.6 Å². The molecule has 0 saturated carbocycles. The molecule has 1 aliphatic heterocycles. The van der Waals surface area contributed by atoms with E-state index < -0.39 is 0 Å². The zero-order valence-electron chi connectivity index (χ0n) is 18.7. The fourth-order valence-corrected chi connectivity index (χ4v) is 5.26. The predicted octanol–water partition coefficient (Wildman–Crippen LogP) is 4.72. The van der Waals surface area contributed by atoms with Crippen LogP contribution in [0.3, 0.4) is 0 Å². The average molecular weight is 415 g/mol. The van der Waals surface area contributed by atoms with E-state index >= 15 is 0 Å². The highest BCUT2D eigenvalue weighted by atomic mass is 16.1. The maximum absolute atomic E-state index is 13.5. The van der Waals surface area contributed by atoms with Gasteiger partial charge in [-0.05, 0) is 43.0 Å². The Morgan fingerprint density at radius 3 is 2.52 bits per heavy atom. The number of H-pyrrole nitrogens is 1. The van der Waals surface area contributed by atoms with E-state index in [9.17, 15) is 4.79 Å². The second-order valence-electron chi connectivity index (χ2n) is 9.01. The topological polar surface area (TPSA) is 46.0 Å². The van der Waals surface area contributed by atoms with Crippen molar-refractivity contribution in [1.82, 2.24) is 19.2 Å². The van der Waals surface area contributed by atoms with Crippen LogP contribution < -0.4 is 5.56 Å². The van der Waals surface area contributed by atoms with Crippen LogP contribution in [0.25, 0.3) is 16.6 Å². The van der Waals surface area contributed by atoms with Crippen LogP contribution in [-0.2, 0) is 20.0 Å². The predicted molar refractivity (Wildman–Crippen MR) is 126 cm³/mol. The van der Waals surface area contributed by atoms with Gasteiger partial charge in [-0.25, -0.2) is 4.68 Å². The molecule has 0 amide bonds. The largest absolute Gasteiger partial charge is 0.357 e. The van der Waals surface area contributed by atoms with Crippen molar-refractivity contribution >= 4 is 10.9 Å². The van der Waals surface area contributed by atoms with Gasteiger partial charge in [-0.1, -0.05) is 50.2 Å². The smallest absolute Gasteiger partial charge is 0.276 e. The summed E-state index contributed by atoms with van der Waals surface area (Å²) >= 11 is 0. The van der Waals surface area contributed by atoms with Gasteiger partial charge in [0, 0.05) is 42.4 Å². The van der Waals surface area contributed by atoms with Gasteiger partial charge in [-0.15, -0.1) is 0 Å². The molecule has 0 unspecified atom stereocenters. The van der Waals surface area contributed by atoms with Gasteiger partial charge in [0.15, 0.2) is 0 Å². The molecule has 5 nitrogen and oxygen atoms in total. The Hall–Kier alpha value is -3.05. The van der Waals surface area contributed by atoms with Gasteiger partial charge in [0.2, 0.25) is 0 Å². The van der Waals surface area contributed by atoms with Gasteiger partial charge in [0.1, 0.15) is 0 Å². The summed E-state index contributed by atoms with van der Waals surface area (Å²) in [5, 5.41) is 1.34. The Labute approximate surface area is 182 Å². The Balaban J connectivity index is 1.55. The van der Waals surface area contributed by atoms with Gasteiger partial charge >= 0.3 is 0 Å². The number of rotatable bonds is 4. The quantitative estimate of drug-likeness (QED) is 0.525. The highest BCUT2D eigenvalue weighted by molar-refractivity contribution is 5.85. The molecule has 3 heterocycles. The van der Waals surface area contributed by atoms with Crippen LogP contribution >= 0.6 is 0 Å². The lowest BCUT2D eigenvalue weighted by Crippen LogP contribution is -2.38. The van der Waals surface area contributed by atoms with E-state index in [4.69, 9.17) is 0 Å². The van der Waals surface area contributed by atoms with Gasteiger partial charge in [0.05, 0.1) is 17.3 Å². The molecular weight excluding hydrogens is 384 g/mol. The van der Waals surface area contributed by atoms with E-state index in [1.165, 1.54) is 22.2 Å². The van der Waals surface area contributed by atoms with Crippen molar-refractivity contribution in [3.05, 3.63) is 87.5 Å². The Morgan fingerprint density at radius 2 is 1.77 bits per heavy atom. The van der Waals surface area contributed by atoms with Crippen molar-refractivity contribution in [2.75, 3.05) is 6.54 Å². The average Bonchev–Trinajstić information content (AvgIpc) is 3.24. The minimum Gasteiger partial charge on any atom is -0.357 e. The number of aromatic nitrogens is 3. The van der Waals surface area contributed by atoms with Crippen LogP contribution in [-0.4, -0.2) is 25.8 Å². The summed E-state index contributed by atoms with van der Waals surface area (Å²) in [5.74, 6) is 0.437. The van der Waals surface area contributed by atoms with Gasteiger partial charge in [0.25, 0.3) is 5.56 Å². The first-order valence-electron chi connectivity index (χ1n) is 11.1. The minimum absolute atomic E-state index is 0.0798. The van der Waals surface area contributed by atoms with E-state index in [0.717, 1.165) is 29.9 Å². The molecule has 0 fully saturated rings. The highest BCUT2D eigenvalue weighted by Gasteiger charge is 2.33. The monoisotopic (exact) mass is 414 g/mol. The van der Waals surface area contributed by atoms with Crippen LogP contribution in [0.15, 0.2) is 59.4 Å². The summed E-state index contributed by atoms with van der Waals surface area (Å²) in [4.78, 5) is 19.6. The summed E-state index contributed by atoms with van der Waals surface area (Å²) in [6, 6.07) is 18.7. The first kappa shape index (κ1) is 19.9. The fraction of sp³-hybridized carbons (Fsp3) is 0.346. The molecular formula is C26H30N4O. The highest BCUT2D eigenvalue weighted by Crippen LogP contribution is 2.39. The number of hydrogen-bond donors (Lipinski definition) is 1. The Bertz CT molecular complexity index is 1290. The number of nitrogens with one attached hydrogen (secondary N) is 1. The van der Waals surface area contributed by atoms with Crippen molar-refractivity contribution in [2.45, 2.75) is 39.8 Å². The van der Waals surface area contributed by atoms with E-state index in [1.807, 2.05) is 42.1 Å². The van der Waals surface area contributed by atoms with Crippen LogP contribution in [0.1, 0.15) is 42.4 Å². The van der Waals surface area contributed by atoms with Gasteiger partial charge in [-0.3, -0.25) is 14.4 Å². The van der Waals surface area contributed by atoms with Gasteiger partial charge < -0.3 is 4.98 Å². The number of aromatic amines is 1. The lowest BCUT2D eigenvalue weighted by molar-refractivity contribution is 0.132. The third kappa shape index (κ3) is 3.15. The molecule has 0 saturated heterocycles. The van der Waals surface area contributed by atoms with E-state index in [1.54, 1.807) is 4.68 Å². The third-order valence-corrected chi connectivity index (χ3v) is 6.85. The number of benzene rings is 2. The van der Waals surface area contributed by atoms with Crippen LogP contribution in [0.5, 0.6) is 0 Å². The molecule has 160 valence electrons. The molecule has 5 rings (SSSR count). The molecule has 5 heteroatoms. The SMILES string of the molecule is Cc1c(CN2CCc3c([nH]c4ccccc34)[C@@H]2C(C)C)c(=O)n(-c2ccccc2)n1C. The van der Waals surface area contributed by atoms with Crippen LogP contribution in [0, 0.1) is 12.8 Å². The Morgan fingerprint density at radius 1 is 1.06 bits per heavy atom. The van der Waals surface area contributed by atoms with Crippen molar-refractivity contribution in [3.8, 4) is 5.69 Å². The molecule has 1 N–H and O–H groups in total. The van der Waals surface area contributed by atoms with Crippen LogP contribution in [0.2, 0.25) is 0 Å². The minimum atomic E-state index is 0.0798. The molecule has 4 aromatic rings. The van der Waals surface area contributed by atoms with E-state index in [0.29, 0.717) is 12.5 Å². The summed E-state index contributed by atoms with van der Waals surface area (Å²) < 4.78 is 3.77.